The van der Waals surface area contributed by atoms with E-state index in [1.165, 1.54) is 154 Å². The molecular formula is C37H73NO3. The van der Waals surface area contributed by atoms with Gasteiger partial charge in [-0.2, -0.15) is 0 Å². The number of rotatable bonds is 33. The maximum Gasteiger partial charge on any atom is 0.220 e. The van der Waals surface area contributed by atoms with Crippen molar-refractivity contribution >= 4 is 5.91 Å². The van der Waals surface area contributed by atoms with Gasteiger partial charge in [0.05, 0.1) is 18.8 Å². The molecule has 0 aliphatic heterocycles. The molecule has 2 atom stereocenters. The van der Waals surface area contributed by atoms with Crippen molar-refractivity contribution in [2.75, 3.05) is 6.61 Å². The number of unbranched alkanes of at least 4 members (excludes halogenated alkanes) is 26. The van der Waals surface area contributed by atoms with Crippen molar-refractivity contribution < 1.29 is 15.0 Å². The molecule has 0 aromatic rings. The van der Waals surface area contributed by atoms with Crippen LogP contribution in [-0.2, 0) is 4.79 Å². The largest absolute Gasteiger partial charge is 0.394 e. The third kappa shape index (κ3) is 30.4. The molecule has 0 aromatic carbocycles. The number of amides is 1. The van der Waals surface area contributed by atoms with Gasteiger partial charge in [0.1, 0.15) is 0 Å². The normalized spacial score (nSPS) is 13.2. The minimum atomic E-state index is -0.831. The van der Waals surface area contributed by atoms with Crippen LogP contribution in [0.5, 0.6) is 0 Å². The Hall–Kier alpha value is -0.870. The Labute approximate surface area is 256 Å². The van der Waals surface area contributed by atoms with Crippen LogP contribution in [0.3, 0.4) is 0 Å². The molecule has 244 valence electrons. The second-order valence-corrected chi connectivity index (χ2v) is 12.7. The van der Waals surface area contributed by atoms with Crippen molar-refractivity contribution in [3.05, 3.63) is 12.2 Å². The minimum absolute atomic E-state index is 0.0628. The zero-order chi connectivity index (χ0) is 30.1. The van der Waals surface area contributed by atoms with E-state index in [0.717, 1.165) is 25.7 Å². The van der Waals surface area contributed by atoms with Crippen molar-refractivity contribution in [3.8, 4) is 0 Å². The summed E-state index contributed by atoms with van der Waals surface area (Å²) in [7, 11) is 0. The van der Waals surface area contributed by atoms with E-state index in [1.807, 2.05) is 6.08 Å². The first-order valence-corrected chi connectivity index (χ1v) is 18.4. The van der Waals surface area contributed by atoms with Crippen LogP contribution >= 0.6 is 0 Å². The second-order valence-electron chi connectivity index (χ2n) is 12.7. The van der Waals surface area contributed by atoms with E-state index in [4.69, 9.17) is 0 Å². The SMILES string of the molecule is CCCCCCCCCCCCC/C=C/[C@H](O)[C@H](CO)NC(=O)CCCCCCCCCCCCCCCCCC. The van der Waals surface area contributed by atoms with Gasteiger partial charge in [-0.15, -0.1) is 0 Å². The zero-order valence-electron chi connectivity index (χ0n) is 27.8. The van der Waals surface area contributed by atoms with Crippen LogP contribution in [0.15, 0.2) is 12.2 Å². The highest BCUT2D eigenvalue weighted by Gasteiger charge is 2.17. The molecule has 1 amide bonds. The Balaban J connectivity index is 3.58. The lowest BCUT2D eigenvalue weighted by Crippen LogP contribution is -2.45. The summed E-state index contributed by atoms with van der Waals surface area (Å²) in [5, 5.41) is 22.9. The summed E-state index contributed by atoms with van der Waals surface area (Å²) >= 11 is 0. The molecule has 0 fully saturated rings. The van der Waals surface area contributed by atoms with Crippen molar-refractivity contribution in [2.45, 2.75) is 212 Å². The van der Waals surface area contributed by atoms with E-state index in [1.54, 1.807) is 6.08 Å². The number of carbonyl (C=O) groups is 1. The van der Waals surface area contributed by atoms with Gasteiger partial charge in [0.15, 0.2) is 0 Å². The van der Waals surface area contributed by atoms with Gasteiger partial charge < -0.3 is 15.5 Å². The highest BCUT2D eigenvalue weighted by atomic mass is 16.3. The van der Waals surface area contributed by atoms with E-state index in [2.05, 4.69) is 19.2 Å². The van der Waals surface area contributed by atoms with Crippen LogP contribution in [-0.4, -0.2) is 34.9 Å². The van der Waals surface area contributed by atoms with Crippen LogP contribution in [0.2, 0.25) is 0 Å². The number of hydrogen-bond donors (Lipinski definition) is 3. The Kier molecular flexibility index (Phi) is 32.9. The highest BCUT2D eigenvalue weighted by Crippen LogP contribution is 2.15. The molecule has 0 spiro atoms. The molecule has 0 aliphatic rings. The maximum atomic E-state index is 12.3. The van der Waals surface area contributed by atoms with Crippen molar-refractivity contribution in [1.82, 2.24) is 5.32 Å². The van der Waals surface area contributed by atoms with E-state index < -0.39 is 12.1 Å². The lowest BCUT2D eigenvalue weighted by Gasteiger charge is -2.20. The van der Waals surface area contributed by atoms with Gasteiger partial charge in [-0.1, -0.05) is 187 Å². The van der Waals surface area contributed by atoms with Gasteiger partial charge in [-0.05, 0) is 19.3 Å². The Bertz CT molecular complexity index is 550. The summed E-state index contributed by atoms with van der Waals surface area (Å²) in [5.41, 5.74) is 0. The maximum absolute atomic E-state index is 12.3. The van der Waals surface area contributed by atoms with Crippen LogP contribution in [0.4, 0.5) is 0 Å². The standard InChI is InChI=1S/C37H73NO3/c1-3-5-7-9-11-13-15-17-18-19-21-23-25-27-29-31-33-37(41)38-35(34-39)36(40)32-30-28-26-24-22-20-16-14-12-10-8-6-4-2/h30,32,35-36,39-40H,3-29,31,33-34H2,1-2H3,(H,38,41)/b32-30+/t35-,36-/m0/s1. The molecule has 3 N–H and O–H groups in total. The molecule has 0 saturated carbocycles. The molecule has 0 radical (unpaired) electrons. The molecule has 4 heteroatoms. The van der Waals surface area contributed by atoms with Crippen LogP contribution in [0.1, 0.15) is 200 Å². The summed E-state index contributed by atoms with van der Waals surface area (Å²) in [4.78, 5) is 12.3. The molecule has 0 bridgehead atoms. The van der Waals surface area contributed by atoms with Crippen LogP contribution in [0.25, 0.3) is 0 Å². The third-order valence-corrected chi connectivity index (χ3v) is 8.52. The molecule has 41 heavy (non-hydrogen) atoms. The fourth-order valence-corrected chi connectivity index (χ4v) is 5.65. The van der Waals surface area contributed by atoms with Gasteiger partial charge in [-0.3, -0.25) is 4.79 Å². The molecule has 0 saturated heterocycles. The van der Waals surface area contributed by atoms with Crippen molar-refractivity contribution in [1.29, 1.82) is 0 Å². The first kappa shape index (κ1) is 40.1. The first-order valence-electron chi connectivity index (χ1n) is 18.4. The van der Waals surface area contributed by atoms with E-state index in [-0.39, 0.29) is 12.5 Å². The summed E-state index contributed by atoms with van der Waals surface area (Å²) in [5.74, 6) is -0.0628. The molecule has 0 aliphatic carbocycles. The van der Waals surface area contributed by atoms with Gasteiger partial charge in [-0.25, -0.2) is 0 Å². The first-order chi connectivity index (χ1) is 20.2. The van der Waals surface area contributed by atoms with Gasteiger partial charge in [0, 0.05) is 6.42 Å². The monoisotopic (exact) mass is 580 g/mol. The zero-order valence-corrected chi connectivity index (χ0v) is 27.8. The fraction of sp³-hybridized carbons (Fsp3) is 0.919. The average Bonchev–Trinajstić information content (AvgIpc) is 2.97. The van der Waals surface area contributed by atoms with Gasteiger partial charge in [0.2, 0.25) is 5.91 Å². The molecule has 0 aromatic heterocycles. The highest BCUT2D eigenvalue weighted by molar-refractivity contribution is 5.76. The molecular weight excluding hydrogens is 506 g/mol. The Morgan fingerprint density at radius 3 is 1.27 bits per heavy atom. The topological polar surface area (TPSA) is 69.6 Å². The fourth-order valence-electron chi connectivity index (χ4n) is 5.65. The smallest absolute Gasteiger partial charge is 0.220 e. The molecule has 0 heterocycles. The summed E-state index contributed by atoms with van der Waals surface area (Å²) < 4.78 is 0. The number of aliphatic hydroxyl groups is 2. The number of aliphatic hydroxyl groups excluding tert-OH is 2. The average molecular weight is 580 g/mol. The molecule has 0 rings (SSSR count). The minimum Gasteiger partial charge on any atom is -0.394 e. The lowest BCUT2D eigenvalue weighted by atomic mass is 10.0. The number of hydrogen-bond acceptors (Lipinski definition) is 3. The van der Waals surface area contributed by atoms with Gasteiger partial charge >= 0.3 is 0 Å². The number of allylic oxidation sites excluding steroid dienone is 1. The van der Waals surface area contributed by atoms with E-state index in [9.17, 15) is 15.0 Å². The molecule has 0 unspecified atom stereocenters. The van der Waals surface area contributed by atoms with E-state index in [0.29, 0.717) is 6.42 Å². The van der Waals surface area contributed by atoms with Crippen molar-refractivity contribution in [2.24, 2.45) is 0 Å². The summed E-state index contributed by atoms with van der Waals surface area (Å²) in [6.07, 6.45) is 40.0. The Morgan fingerprint density at radius 1 is 0.561 bits per heavy atom. The predicted octanol–water partition coefficient (Wildman–Crippen LogP) is 10.7. The third-order valence-electron chi connectivity index (χ3n) is 8.52. The predicted molar refractivity (Wildman–Crippen MR) is 179 cm³/mol. The number of carbonyl (C=O) groups excluding carboxylic acids is 1. The van der Waals surface area contributed by atoms with Crippen LogP contribution in [0, 0.1) is 0 Å². The Morgan fingerprint density at radius 2 is 0.902 bits per heavy atom. The van der Waals surface area contributed by atoms with E-state index >= 15 is 0 Å². The quantitative estimate of drug-likeness (QED) is 0.0535. The summed E-state index contributed by atoms with van der Waals surface area (Å²) in [6, 6.07) is -0.614. The lowest BCUT2D eigenvalue weighted by molar-refractivity contribution is -0.123. The van der Waals surface area contributed by atoms with Crippen molar-refractivity contribution in [3.63, 3.8) is 0 Å². The van der Waals surface area contributed by atoms with Crippen LogP contribution < -0.4 is 5.32 Å². The van der Waals surface area contributed by atoms with Gasteiger partial charge in [0.25, 0.3) is 0 Å². The molecule has 4 nitrogen and oxygen atoms in total. The number of nitrogens with one attached hydrogen (secondary N) is 1. The summed E-state index contributed by atoms with van der Waals surface area (Å²) in [6.45, 7) is 4.30. The second kappa shape index (κ2) is 33.6.